The van der Waals surface area contributed by atoms with Crippen LogP contribution in [0.15, 0.2) is 6.58 Å². The SMILES string of the molecule is C=[C-]C(=O)OCC1(CC)COC2(OC1)C1CC(C)CC13CC32.[Rh]. The van der Waals surface area contributed by atoms with Gasteiger partial charge in [0.2, 0.25) is 0 Å². The molecule has 3 aliphatic carbocycles. The topological polar surface area (TPSA) is 44.8 Å². The molecule has 0 N–H and O–H groups in total. The van der Waals surface area contributed by atoms with Gasteiger partial charge in [0.1, 0.15) is 5.97 Å². The first-order chi connectivity index (χ1) is 10.5. The summed E-state index contributed by atoms with van der Waals surface area (Å²) in [7, 11) is 0. The van der Waals surface area contributed by atoms with Crippen molar-refractivity contribution in [1.29, 1.82) is 0 Å². The molecule has 0 aromatic rings. The average molecular weight is 408 g/mol. The third-order valence-electron chi connectivity index (χ3n) is 6.76. The van der Waals surface area contributed by atoms with Crippen molar-refractivity contribution in [2.24, 2.45) is 28.6 Å². The Balaban J connectivity index is 0.00000156. The number of hydrogen-bond acceptors (Lipinski definition) is 4. The molecule has 4 fully saturated rings. The smallest absolute Gasteiger partial charge is 0.174 e. The van der Waals surface area contributed by atoms with Crippen LogP contribution in [0.2, 0.25) is 0 Å². The molecule has 23 heavy (non-hydrogen) atoms. The van der Waals surface area contributed by atoms with E-state index in [-0.39, 0.29) is 30.7 Å². The second-order valence-electron chi connectivity index (χ2n) is 7.99. The number of rotatable bonds is 4. The third-order valence-corrected chi connectivity index (χ3v) is 6.76. The Hall–Kier alpha value is -0.247. The normalized spacial score (nSPS) is 49.4. The summed E-state index contributed by atoms with van der Waals surface area (Å²) >= 11 is 0. The molecular weight excluding hydrogens is 383 g/mol. The molecule has 3 saturated carbocycles. The van der Waals surface area contributed by atoms with E-state index >= 15 is 0 Å². The van der Waals surface area contributed by atoms with Gasteiger partial charge in [-0.15, -0.1) is 0 Å². The van der Waals surface area contributed by atoms with E-state index in [1.165, 1.54) is 19.3 Å². The Morgan fingerprint density at radius 1 is 1.30 bits per heavy atom. The number of esters is 1. The van der Waals surface area contributed by atoms with Crippen molar-refractivity contribution in [3.05, 3.63) is 12.7 Å². The van der Waals surface area contributed by atoms with Crippen molar-refractivity contribution < 1.29 is 38.5 Å². The van der Waals surface area contributed by atoms with Gasteiger partial charge in [0.15, 0.2) is 5.79 Å². The van der Waals surface area contributed by atoms with Crippen LogP contribution in [0, 0.1) is 34.7 Å². The standard InChI is InChI=1S/C18H25O4.Rh/c1-4-15(19)20-9-16(5-2)10-21-18(22-11-16)13-6-12(3)7-17(13)8-14(17)18;/h12-14H,1,5-11H2,2-3H3;/q-1;. The predicted molar refractivity (Wildman–Crippen MR) is 79.6 cm³/mol. The molecule has 1 radical (unpaired) electrons. The van der Waals surface area contributed by atoms with Crippen LogP contribution < -0.4 is 0 Å². The van der Waals surface area contributed by atoms with Gasteiger partial charge in [0.25, 0.3) is 0 Å². The maximum absolute atomic E-state index is 11.3. The zero-order valence-corrected chi connectivity index (χ0v) is 15.5. The van der Waals surface area contributed by atoms with E-state index in [4.69, 9.17) is 14.2 Å². The number of carbonyl (C=O) groups is 1. The van der Waals surface area contributed by atoms with Crippen LogP contribution in [0.3, 0.4) is 0 Å². The number of carbonyl (C=O) groups excluding carboxylic acids is 1. The van der Waals surface area contributed by atoms with Gasteiger partial charge in [-0.05, 0) is 37.0 Å². The molecule has 0 aromatic carbocycles. The molecule has 4 nitrogen and oxygen atoms in total. The zero-order valence-electron chi connectivity index (χ0n) is 13.9. The second kappa shape index (κ2) is 5.64. The fourth-order valence-corrected chi connectivity index (χ4v) is 5.37. The van der Waals surface area contributed by atoms with Gasteiger partial charge in [-0.2, -0.15) is 0 Å². The Labute approximate surface area is 151 Å². The van der Waals surface area contributed by atoms with E-state index < -0.39 is 5.97 Å². The number of fused-ring (bicyclic) bond motifs is 2. The summed E-state index contributed by atoms with van der Waals surface area (Å²) < 4.78 is 17.9. The average Bonchev–Trinajstić information content (AvgIpc) is 3.10. The van der Waals surface area contributed by atoms with E-state index in [9.17, 15) is 4.79 Å². The summed E-state index contributed by atoms with van der Waals surface area (Å²) in [5.74, 6) is 1.16. The number of hydrogen-bond donors (Lipinski definition) is 0. The van der Waals surface area contributed by atoms with Gasteiger partial charge in [-0.1, -0.05) is 13.8 Å². The first-order valence-electron chi connectivity index (χ1n) is 8.48. The summed E-state index contributed by atoms with van der Waals surface area (Å²) in [6, 6.07) is 0. The van der Waals surface area contributed by atoms with Crippen LogP contribution in [-0.2, 0) is 38.5 Å². The molecule has 0 aromatic heterocycles. The molecule has 0 amide bonds. The van der Waals surface area contributed by atoms with Gasteiger partial charge >= 0.3 is 0 Å². The van der Waals surface area contributed by atoms with Crippen LogP contribution in [0.4, 0.5) is 0 Å². The van der Waals surface area contributed by atoms with Crippen LogP contribution in [0.5, 0.6) is 0 Å². The maximum atomic E-state index is 11.3. The van der Waals surface area contributed by atoms with Crippen molar-refractivity contribution in [1.82, 2.24) is 0 Å². The minimum Gasteiger partial charge on any atom is -0.489 e. The Morgan fingerprint density at radius 3 is 2.61 bits per heavy atom. The molecule has 0 bridgehead atoms. The molecule has 131 valence electrons. The van der Waals surface area contributed by atoms with Crippen molar-refractivity contribution in [3.63, 3.8) is 0 Å². The van der Waals surface area contributed by atoms with Gasteiger partial charge in [-0.25, -0.2) is 0 Å². The summed E-state index contributed by atoms with van der Waals surface area (Å²) in [4.78, 5) is 11.3. The van der Waals surface area contributed by atoms with E-state index in [0.717, 1.165) is 12.3 Å². The molecule has 2 spiro atoms. The van der Waals surface area contributed by atoms with Crippen molar-refractivity contribution >= 4 is 5.97 Å². The summed E-state index contributed by atoms with van der Waals surface area (Å²) in [5.41, 5.74) is 0.324. The third kappa shape index (κ3) is 2.30. The largest absolute Gasteiger partial charge is 0.489 e. The van der Waals surface area contributed by atoms with Crippen LogP contribution in [0.25, 0.3) is 0 Å². The van der Waals surface area contributed by atoms with Crippen molar-refractivity contribution in [2.45, 2.75) is 45.3 Å². The predicted octanol–water partition coefficient (Wildman–Crippen LogP) is 2.72. The van der Waals surface area contributed by atoms with Gasteiger partial charge in [0, 0.05) is 31.3 Å². The Bertz CT molecular complexity index is 511. The van der Waals surface area contributed by atoms with Crippen LogP contribution in [-0.4, -0.2) is 31.6 Å². The van der Waals surface area contributed by atoms with E-state index in [1.54, 1.807) is 0 Å². The van der Waals surface area contributed by atoms with Gasteiger partial charge in [-0.3, -0.25) is 11.4 Å². The summed E-state index contributed by atoms with van der Waals surface area (Å²) in [5, 5.41) is 0. The Kier molecular flexibility index (Phi) is 4.31. The van der Waals surface area contributed by atoms with Crippen molar-refractivity contribution in [2.75, 3.05) is 19.8 Å². The van der Waals surface area contributed by atoms with Crippen molar-refractivity contribution in [3.8, 4) is 0 Å². The van der Waals surface area contributed by atoms with Crippen LogP contribution in [0.1, 0.15) is 39.5 Å². The van der Waals surface area contributed by atoms with Crippen LogP contribution >= 0.6 is 0 Å². The zero-order chi connectivity index (χ0) is 15.6. The quantitative estimate of drug-likeness (QED) is 0.311. The monoisotopic (exact) mass is 408 g/mol. The summed E-state index contributed by atoms with van der Waals surface area (Å²) in [6.45, 7) is 9.31. The van der Waals surface area contributed by atoms with Gasteiger partial charge < -0.3 is 20.3 Å². The molecule has 4 aliphatic rings. The molecule has 5 heteroatoms. The first-order valence-corrected chi connectivity index (χ1v) is 8.48. The van der Waals surface area contributed by atoms with E-state index in [2.05, 4.69) is 26.5 Å². The molecule has 1 saturated heterocycles. The minimum atomic E-state index is -0.498. The summed E-state index contributed by atoms with van der Waals surface area (Å²) in [6.07, 6.45) is 6.97. The van der Waals surface area contributed by atoms with E-state index in [0.29, 0.717) is 37.1 Å². The van der Waals surface area contributed by atoms with E-state index in [1.807, 2.05) is 0 Å². The molecule has 1 heterocycles. The van der Waals surface area contributed by atoms with Gasteiger partial charge in [0.05, 0.1) is 25.2 Å². The molecule has 4 rings (SSSR count). The fraction of sp³-hybridized carbons (Fsp3) is 0.833. The first kappa shape index (κ1) is 17.6. The fourth-order valence-electron chi connectivity index (χ4n) is 5.37. The molecule has 4 atom stereocenters. The second-order valence-corrected chi connectivity index (χ2v) is 7.99. The minimum absolute atomic E-state index is 0. The maximum Gasteiger partial charge on any atom is 0.174 e. The Morgan fingerprint density at radius 2 is 2.00 bits per heavy atom. The molecule has 1 aliphatic heterocycles. The molecular formula is C18H25O4Rh-. The molecule has 4 unspecified atom stereocenters. The number of ether oxygens (including phenoxy) is 3.